The molecule has 0 saturated carbocycles. The van der Waals surface area contributed by atoms with Crippen LogP contribution >= 0.6 is 0 Å². The number of amides is 1. The number of hydrogen-bond donors (Lipinski definition) is 3. The third-order valence-electron chi connectivity index (χ3n) is 5.71. The molecule has 8 heteroatoms. The molecule has 2 heterocycles. The summed E-state index contributed by atoms with van der Waals surface area (Å²) in [6, 6.07) is 11.5. The number of hydrogen-bond acceptors (Lipinski definition) is 5. The first-order valence-electron chi connectivity index (χ1n) is 9.85. The van der Waals surface area contributed by atoms with E-state index >= 15 is 0 Å². The Hall–Kier alpha value is -2.87. The van der Waals surface area contributed by atoms with Crippen molar-refractivity contribution < 1.29 is 19.8 Å². The number of carboxylic acids is 1. The van der Waals surface area contributed by atoms with Crippen LogP contribution in [0.1, 0.15) is 30.5 Å². The molecule has 8 nitrogen and oxygen atoms in total. The lowest BCUT2D eigenvalue weighted by molar-refractivity contribution is -0.167. The van der Waals surface area contributed by atoms with Gasteiger partial charge in [0, 0.05) is 19.2 Å². The van der Waals surface area contributed by atoms with E-state index in [-0.39, 0.29) is 25.4 Å². The average Bonchev–Trinajstić information content (AvgIpc) is 3.00. The Kier molecular flexibility index (Phi) is 6.22. The number of aliphatic hydroxyl groups is 1. The predicted octanol–water partition coefficient (Wildman–Crippen LogP) is 1.46. The van der Waals surface area contributed by atoms with Gasteiger partial charge in [-0.2, -0.15) is 5.10 Å². The molecule has 0 unspecified atom stereocenters. The van der Waals surface area contributed by atoms with E-state index in [4.69, 9.17) is 5.73 Å². The van der Waals surface area contributed by atoms with Gasteiger partial charge in [0.2, 0.25) is 5.91 Å². The van der Waals surface area contributed by atoms with Crippen LogP contribution in [-0.4, -0.2) is 56.0 Å². The zero-order chi connectivity index (χ0) is 21.0. The van der Waals surface area contributed by atoms with Gasteiger partial charge in [-0.3, -0.25) is 9.59 Å². The highest BCUT2D eigenvalue weighted by Gasteiger charge is 2.49. The van der Waals surface area contributed by atoms with Crippen LogP contribution in [-0.2, 0) is 22.6 Å². The van der Waals surface area contributed by atoms with Crippen LogP contribution in [0.5, 0.6) is 0 Å². The Morgan fingerprint density at radius 1 is 1.31 bits per heavy atom. The molecule has 29 heavy (non-hydrogen) atoms. The number of aliphatic carboxylic acids is 1. The Bertz CT molecular complexity index is 867. The highest BCUT2D eigenvalue weighted by atomic mass is 16.4. The zero-order valence-corrected chi connectivity index (χ0v) is 16.6. The molecule has 1 aromatic heterocycles. The largest absolute Gasteiger partial charge is 0.481 e. The normalized spacial score (nSPS) is 21.9. The van der Waals surface area contributed by atoms with Crippen molar-refractivity contribution in [3.8, 4) is 0 Å². The number of nitrogens with zero attached hydrogens (tertiary/aromatic N) is 3. The second kappa shape index (κ2) is 8.65. The van der Waals surface area contributed by atoms with Crippen molar-refractivity contribution in [2.75, 3.05) is 18.8 Å². The maximum Gasteiger partial charge on any atom is 0.314 e. The zero-order valence-electron chi connectivity index (χ0n) is 16.6. The molecule has 1 saturated heterocycles. The molecular formula is C21H28N4O4. The summed E-state index contributed by atoms with van der Waals surface area (Å²) in [5.74, 6) is -0.925. The van der Waals surface area contributed by atoms with Crippen LogP contribution < -0.4 is 5.73 Å². The highest BCUT2D eigenvalue weighted by Crippen LogP contribution is 2.36. The number of carbonyl (C=O) groups is 2. The number of aryl methyl sites for hydroxylation is 2. The topological polar surface area (TPSA) is 122 Å². The Morgan fingerprint density at radius 2 is 2.03 bits per heavy atom. The number of aliphatic hydroxyl groups excluding tert-OH is 1. The fourth-order valence-corrected chi connectivity index (χ4v) is 4.03. The second-order valence-electron chi connectivity index (χ2n) is 7.79. The molecule has 1 aliphatic rings. The van der Waals surface area contributed by atoms with E-state index in [2.05, 4.69) is 5.10 Å². The fourth-order valence-electron chi connectivity index (χ4n) is 4.03. The summed E-state index contributed by atoms with van der Waals surface area (Å²) in [4.78, 5) is 26.5. The first-order valence-corrected chi connectivity index (χ1v) is 9.85. The van der Waals surface area contributed by atoms with E-state index in [0.29, 0.717) is 30.9 Å². The van der Waals surface area contributed by atoms with Crippen LogP contribution in [0.3, 0.4) is 0 Å². The summed E-state index contributed by atoms with van der Waals surface area (Å²) in [6.45, 7) is 2.04. The first-order chi connectivity index (χ1) is 13.8. The number of benzene rings is 1. The molecule has 1 aliphatic heterocycles. The molecule has 0 bridgehead atoms. The van der Waals surface area contributed by atoms with Crippen molar-refractivity contribution in [1.82, 2.24) is 14.7 Å². The van der Waals surface area contributed by atoms with E-state index in [1.807, 2.05) is 30.3 Å². The number of likely N-dealkylation sites (tertiary alicyclic amines) is 1. The van der Waals surface area contributed by atoms with E-state index in [9.17, 15) is 19.8 Å². The van der Waals surface area contributed by atoms with Gasteiger partial charge < -0.3 is 20.8 Å². The number of anilines is 1. The van der Waals surface area contributed by atoms with E-state index in [1.54, 1.807) is 13.0 Å². The van der Waals surface area contributed by atoms with Crippen LogP contribution in [0.25, 0.3) is 0 Å². The lowest BCUT2D eigenvalue weighted by Crippen LogP contribution is -2.57. The first kappa shape index (κ1) is 20.9. The number of aromatic nitrogens is 2. The smallest absolute Gasteiger partial charge is 0.314 e. The summed E-state index contributed by atoms with van der Waals surface area (Å²) in [5.41, 5.74) is 6.33. The van der Waals surface area contributed by atoms with Crippen molar-refractivity contribution in [3.05, 3.63) is 47.7 Å². The molecule has 2 atom stereocenters. The highest BCUT2D eigenvalue weighted by molar-refractivity contribution is 5.80. The summed E-state index contributed by atoms with van der Waals surface area (Å²) >= 11 is 0. The summed E-state index contributed by atoms with van der Waals surface area (Å²) in [7, 11) is 0. The number of piperidine rings is 1. The minimum atomic E-state index is -1.37. The van der Waals surface area contributed by atoms with Gasteiger partial charge in [0.15, 0.2) is 0 Å². The lowest BCUT2D eigenvalue weighted by Gasteiger charge is -2.43. The molecule has 0 spiro atoms. The van der Waals surface area contributed by atoms with E-state index in [1.165, 1.54) is 9.58 Å². The quantitative estimate of drug-likeness (QED) is 0.647. The van der Waals surface area contributed by atoms with Gasteiger partial charge in [0.05, 0.1) is 11.8 Å². The number of rotatable bonds is 7. The molecule has 2 aromatic rings. The van der Waals surface area contributed by atoms with Crippen LogP contribution in [0.15, 0.2) is 36.4 Å². The van der Waals surface area contributed by atoms with Gasteiger partial charge in [-0.15, -0.1) is 0 Å². The van der Waals surface area contributed by atoms with E-state index in [0.717, 1.165) is 12.0 Å². The molecule has 156 valence electrons. The van der Waals surface area contributed by atoms with Crippen molar-refractivity contribution in [1.29, 1.82) is 0 Å². The van der Waals surface area contributed by atoms with Gasteiger partial charge in [-0.25, -0.2) is 4.68 Å². The molecule has 1 amide bonds. The predicted molar refractivity (Wildman–Crippen MR) is 108 cm³/mol. The number of carbonyl (C=O) groups excluding carboxylic acids is 1. The molecular weight excluding hydrogens is 372 g/mol. The Labute approximate surface area is 169 Å². The van der Waals surface area contributed by atoms with Gasteiger partial charge >= 0.3 is 5.97 Å². The Morgan fingerprint density at radius 3 is 2.66 bits per heavy atom. The van der Waals surface area contributed by atoms with Gasteiger partial charge in [-0.1, -0.05) is 30.3 Å². The molecule has 0 aliphatic carbocycles. The van der Waals surface area contributed by atoms with Crippen molar-refractivity contribution in [2.24, 2.45) is 5.41 Å². The Balaban J connectivity index is 1.69. The third-order valence-corrected chi connectivity index (χ3v) is 5.71. The minimum Gasteiger partial charge on any atom is -0.481 e. The molecule has 3 rings (SSSR count). The average molecular weight is 400 g/mol. The van der Waals surface area contributed by atoms with Crippen LogP contribution in [0, 0.1) is 12.3 Å². The summed E-state index contributed by atoms with van der Waals surface area (Å²) in [5, 5.41) is 24.7. The molecule has 1 fully saturated rings. The number of carboxylic acid groups (broad SMARTS) is 1. The molecule has 0 radical (unpaired) electrons. The third kappa shape index (κ3) is 4.59. The fraction of sp³-hybridized carbons (Fsp3) is 0.476. The molecule has 4 N–H and O–H groups in total. The molecule has 1 aromatic carbocycles. The van der Waals surface area contributed by atoms with Crippen LogP contribution in [0.4, 0.5) is 5.82 Å². The maximum absolute atomic E-state index is 12.8. The van der Waals surface area contributed by atoms with E-state index < -0.39 is 17.5 Å². The summed E-state index contributed by atoms with van der Waals surface area (Å²) in [6.07, 6.45) is 0.875. The van der Waals surface area contributed by atoms with Gasteiger partial charge in [0.25, 0.3) is 0 Å². The van der Waals surface area contributed by atoms with Crippen molar-refractivity contribution in [3.63, 3.8) is 0 Å². The standard InChI is InChI=1S/C21H28N4O4/c1-15-12-18(22)25(23-15)13-19(27)24-11-9-17(26)21(14-24,20(28)29)10-5-8-16-6-3-2-4-7-16/h2-4,6-7,12,17,26H,5,8-11,13-14,22H2,1H3,(H,28,29)/t17-,21+/m0/s1. The SMILES string of the molecule is Cc1cc(N)n(CC(=O)N2CC[C@H](O)[C@](CCCc3ccccc3)(C(=O)O)C2)n1. The van der Waals surface area contributed by atoms with Gasteiger partial charge in [0.1, 0.15) is 17.8 Å². The maximum atomic E-state index is 12.8. The lowest BCUT2D eigenvalue weighted by atomic mass is 9.73. The van der Waals surface area contributed by atoms with Crippen molar-refractivity contribution >= 4 is 17.7 Å². The minimum absolute atomic E-state index is 0.0166. The van der Waals surface area contributed by atoms with Crippen molar-refractivity contribution in [2.45, 2.75) is 45.3 Å². The second-order valence-corrected chi connectivity index (χ2v) is 7.79. The number of nitrogen functional groups attached to an aromatic ring is 1. The number of nitrogens with two attached hydrogens (primary N) is 1. The monoisotopic (exact) mass is 400 g/mol. The summed E-state index contributed by atoms with van der Waals surface area (Å²) < 4.78 is 1.42. The van der Waals surface area contributed by atoms with Crippen LogP contribution in [0.2, 0.25) is 0 Å². The van der Waals surface area contributed by atoms with Gasteiger partial charge in [-0.05, 0) is 38.2 Å².